The highest BCUT2D eigenvalue weighted by molar-refractivity contribution is 4.73. The standard InChI is InChI=1S/C5H11FO4/c6-5(3(9)1-7)4(10)2-8/h3-5,7-10H,1-2H2/t3-,4+,5?. The molecule has 4 nitrogen and oxygen atoms in total. The van der Waals surface area contributed by atoms with E-state index in [1.165, 1.54) is 0 Å². The van der Waals surface area contributed by atoms with Crippen molar-refractivity contribution in [2.24, 2.45) is 0 Å². The number of halogens is 1. The summed E-state index contributed by atoms with van der Waals surface area (Å²) in [7, 11) is 0. The maximum atomic E-state index is 12.4. The van der Waals surface area contributed by atoms with Gasteiger partial charge >= 0.3 is 0 Å². The molecule has 0 saturated carbocycles. The van der Waals surface area contributed by atoms with Crippen molar-refractivity contribution in [1.29, 1.82) is 0 Å². The monoisotopic (exact) mass is 154 g/mol. The van der Waals surface area contributed by atoms with Gasteiger partial charge in [0.1, 0.15) is 12.2 Å². The Labute approximate surface area is 57.5 Å². The van der Waals surface area contributed by atoms with Crippen LogP contribution >= 0.6 is 0 Å². The van der Waals surface area contributed by atoms with Gasteiger partial charge in [0.15, 0.2) is 6.17 Å². The minimum atomic E-state index is -1.99. The molecule has 0 saturated heterocycles. The zero-order valence-electron chi connectivity index (χ0n) is 5.31. The summed E-state index contributed by atoms with van der Waals surface area (Å²) < 4.78 is 12.4. The molecule has 0 aromatic carbocycles. The zero-order valence-corrected chi connectivity index (χ0v) is 5.31. The first-order valence-corrected chi connectivity index (χ1v) is 2.85. The predicted molar refractivity (Wildman–Crippen MR) is 31.1 cm³/mol. The van der Waals surface area contributed by atoms with Crippen LogP contribution in [-0.2, 0) is 0 Å². The van der Waals surface area contributed by atoms with Crippen molar-refractivity contribution in [3.63, 3.8) is 0 Å². The van der Waals surface area contributed by atoms with Crippen molar-refractivity contribution in [1.82, 2.24) is 0 Å². The first kappa shape index (κ1) is 9.77. The Morgan fingerprint density at radius 3 is 1.50 bits per heavy atom. The van der Waals surface area contributed by atoms with Crippen molar-refractivity contribution in [3.05, 3.63) is 0 Å². The summed E-state index contributed by atoms with van der Waals surface area (Å²) in [4.78, 5) is 0. The molecule has 0 heterocycles. The van der Waals surface area contributed by atoms with Crippen molar-refractivity contribution in [2.45, 2.75) is 18.4 Å². The fraction of sp³-hybridized carbons (Fsp3) is 1.00. The molecule has 5 heteroatoms. The third-order valence-corrected chi connectivity index (χ3v) is 1.11. The van der Waals surface area contributed by atoms with Gasteiger partial charge in [-0.25, -0.2) is 4.39 Å². The molecule has 0 rings (SSSR count). The largest absolute Gasteiger partial charge is 0.394 e. The van der Waals surface area contributed by atoms with Crippen molar-refractivity contribution < 1.29 is 24.8 Å². The fourth-order valence-corrected chi connectivity index (χ4v) is 0.458. The van der Waals surface area contributed by atoms with E-state index in [0.717, 1.165) is 0 Å². The molecule has 0 aliphatic heterocycles. The van der Waals surface area contributed by atoms with E-state index in [1.54, 1.807) is 0 Å². The molecule has 0 aliphatic carbocycles. The van der Waals surface area contributed by atoms with Crippen LogP contribution in [0.3, 0.4) is 0 Å². The normalized spacial score (nSPS) is 20.1. The van der Waals surface area contributed by atoms with Gasteiger partial charge in [-0.2, -0.15) is 0 Å². The fourth-order valence-electron chi connectivity index (χ4n) is 0.458. The van der Waals surface area contributed by atoms with E-state index in [0.29, 0.717) is 0 Å². The molecule has 0 bridgehead atoms. The maximum Gasteiger partial charge on any atom is 0.156 e. The quantitative estimate of drug-likeness (QED) is 0.378. The molecular formula is C5H11FO4. The van der Waals surface area contributed by atoms with Gasteiger partial charge < -0.3 is 20.4 Å². The minimum Gasteiger partial charge on any atom is -0.394 e. The van der Waals surface area contributed by atoms with E-state index in [2.05, 4.69) is 0 Å². The van der Waals surface area contributed by atoms with Crippen molar-refractivity contribution in [3.8, 4) is 0 Å². The molecule has 0 fully saturated rings. The molecule has 0 radical (unpaired) electrons. The maximum absolute atomic E-state index is 12.4. The van der Waals surface area contributed by atoms with Gasteiger partial charge in [-0.05, 0) is 0 Å². The number of aliphatic hydroxyl groups excluding tert-OH is 4. The third-order valence-electron chi connectivity index (χ3n) is 1.11. The zero-order chi connectivity index (χ0) is 8.15. The Hall–Kier alpha value is -0.230. The van der Waals surface area contributed by atoms with Crippen LogP contribution in [0.2, 0.25) is 0 Å². The van der Waals surface area contributed by atoms with Crippen LogP contribution in [0.4, 0.5) is 4.39 Å². The van der Waals surface area contributed by atoms with E-state index in [4.69, 9.17) is 20.4 Å². The van der Waals surface area contributed by atoms with E-state index >= 15 is 0 Å². The van der Waals surface area contributed by atoms with Gasteiger partial charge in [-0.3, -0.25) is 0 Å². The van der Waals surface area contributed by atoms with Crippen LogP contribution in [0.25, 0.3) is 0 Å². The average Bonchev–Trinajstić information content (AvgIpc) is 2.00. The molecule has 4 N–H and O–H groups in total. The molecular weight excluding hydrogens is 143 g/mol. The molecule has 62 valence electrons. The lowest BCUT2D eigenvalue weighted by molar-refractivity contribution is -0.0515. The Kier molecular flexibility index (Phi) is 4.46. The Bertz CT molecular complexity index is 79.7. The SMILES string of the molecule is OC[C@@H](O)C(F)[C@@H](O)CO. The Morgan fingerprint density at radius 2 is 1.30 bits per heavy atom. The van der Waals surface area contributed by atoms with Crippen LogP contribution in [-0.4, -0.2) is 52.0 Å². The second kappa shape index (κ2) is 4.56. The van der Waals surface area contributed by atoms with Crippen molar-refractivity contribution >= 4 is 0 Å². The highest BCUT2D eigenvalue weighted by Crippen LogP contribution is 2.03. The Balaban J connectivity index is 3.69. The number of aliphatic hydroxyl groups is 4. The second-order valence-electron chi connectivity index (χ2n) is 1.94. The predicted octanol–water partition coefficient (Wildman–Crippen LogP) is -1.97. The molecule has 3 atom stereocenters. The van der Waals surface area contributed by atoms with Gasteiger partial charge in [0.25, 0.3) is 0 Å². The van der Waals surface area contributed by atoms with Crippen LogP contribution in [0, 0.1) is 0 Å². The van der Waals surface area contributed by atoms with E-state index in [9.17, 15) is 4.39 Å². The lowest BCUT2D eigenvalue weighted by atomic mass is 10.1. The van der Waals surface area contributed by atoms with E-state index < -0.39 is 31.6 Å². The van der Waals surface area contributed by atoms with Gasteiger partial charge in [0.05, 0.1) is 13.2 Å². The molecule has 0 amide bonds. The smallest absolute Gasteiger partial charge is 0.156 e. The lowest BCUT2D eigenvalue weighted by Gasteiger charge is -2.16. The summed E-state index contributed by atoms with van der Waals surface area (Å²) in [5.74, 6) is 0. The number of hydrogen-bond acceptors (Lipinski definition) is 4. The first-order chi connectivity index (χ1) is 4.63. The summed E-state index contributed by atoms with van der Waals surface area (Å²) in [6.45, 7) is -1.53. The summed E-state index contributed by atoms with van der Waals surface area (Å²) >= 11 is 0. The van der Waals surface area contributed by atoms with Crippen LogP contribution in [0.5, 0.6) is 0 Å². The number of rotatable bonds is 4. The van der Waals surface area contributed by atoms with Gasteiger partial charge in [0, 0.05) is 0 Å². The summed E-state index contributed by atoms with van der Waals surface area (Å²) in [5.41, 5.74) is 0. The van der Waals surface area contributed by atoms with E-state index in [1.807, 2.05) is 0 Å². The highest BCUT2D eigenvalue weighted by atomic mass is 19.1. The topological polar surface area (TPSA) is 80.9 Å². The molecule has 0 aromatic heterocycles. The minimum absolute atomic E-state index is 0.766. The third kappa shape index (κ3) is 2.57. The van der Waals surface area contributed by atoms with Gasteiger partial charge in [-0.15, -0.1) is 0 Å². The average molecular weight is 154 g/mol. The van der Waals surface area contributed by atoms with Crippen molar-refractivity contribution in [2.75, 3.05) is 13.2 Å². The molecule has 0 aromatic rings. The van der Waals surface area contributed by atoms with E-state index in [-0.39, 0.29) is 0 Å². The molecule has 10 heavy (non-hydrogen) atoms. The number of hydrogen-bond donors (Lipinski definition) is 4. The molecule has 0 spiro atoms. The highest BCUT2D eigenvalue weighted by Gasteiger charge is 2.24. The van der Waals surface area contributed by atoms with Crippen LogP contribution in [0.15, 0.2) is 0 Å². The number of alkyl halides is 1. The molecule has 1 unspecified atom stereocenters. The van der Waals surface area contributed by atoms with Gasteiger partial charge in [0.2, 0.25) is 0 Å². The Morgan fingerprint density at radius 1 is 1.00 bits per heavy atom. The lowest BCUT2D eigenvalue weighted by Crippen LogP contribution is -2.38. The van der Waals surface area contributed by atoms with Crippen LogP contribution < -0.4 is 0 Å². The van der Waals surface area contributed by atoms with Crippen LogP contribution in [0.1, 0.15) is 0 Å². The first-order valence-electron chi connectivity index (χ1n) is 2.85. The summed E-state index contributed by atoms with van der Waals surface area (Å²) in [6, 6.07) is 0. The van der Waals surface area contributed by atoms with Gasteiger partial charge in [-0.1, -0.05) is 0 Å². The second-order valence-corrected chi connectivity index (χ2v) is 1.94. The summed E-state index contributed by atoms with van der Waals surface area (Å²) in [6.07, 6.45) is -5.24. The summed E-state index contributed by atoms with van der Waals surface area (Å²) in [5, 5.41) is 33.4. The molecule has 0 aliphatic rings.